The van der Waals surface area contributed by atoms with Crippen molar-refractivity contribution in [2.24, 2.45) is 0 Å². The molecule has 0 aliphatic rings. The number of carbonyl (C=O) groups is 1. The molecule has 4 nitrogen and oxygen atoms in total. The first-order valence-corrected chi connectivity index (χ1v) is 3.32. The highest BCUT2D eigenvalue weighted by Gasteiger charge is 2.03. The maximum Gasteiger partial charge on any atom is 0.303 e. The van der Waals surface area contributed by atoms with Crippen LogP contribution in [-0.2, 0) is 11.2 Å². The molecule has 0 radical (unpaired) electrons. The van der Waals surface area contributed by atoms with Gasteiger partial charge in [0.05, 0.1) is 12.1 Å². The van der Waals surface area contributed by atoms with Crippen molar-refractivity contribution in [1.29, 1.82) is 0 Å². The van der Waals surface area contributed by atoms with Gasteiger partial charge in [0, 0.05) is 12.5 Å². The van der Waals surface area contributed by atoms with Crippen LogP contribution in [0.25, 0.3) is 0 Å². The van der Waals surface area contributed by atoms with E-state index in [0.717, 1.165) is 5.69 Å². The Morgan fingerprint density at radius 3 is 3.00 bits per heavy atom. The summed E-state index contributed by atoms with van der Waals surface area (Å²) in [6.07, 6.45) is 0.505. The minimum Gasteiger partial charge on any atom is -0.481 e. The zero-order chi connectivity index (χ0) is 8.27. The Labute approximate surface area is 63.8 Å². The average molecular weight is 155 g/mol. The lowest BCUT2D eigenvalue weighted by Crippen LogP contribution is -1.96. The number of carboxylic acids is 1. The molecule has 1 rings (SSSR count). The van der Waals surface area contributed by atoms with Gasteiger partial charge in [0.2, 0.25) is 0 Å². The van der Waals surface area contributed by atoms with E-state index < -0.39 is 5.97 Å². The SMILES string of the molecule is Cc1cc(CCC(=O)O)on1. The number of nitrogens with zero attached hydrogens (tertiary/aromatic N) is 1. The standard InChI is InChI=1S/C7H9NO3/c1-5-4-6(11-8-5)2-3-7(9)10/h4H,2-3H2,1H3,(H,9,10). The van der Waals surface area contributed by atoms with E-state index in [0.29, 0.717) is 12.2 Å². The molecule has 0 atom stereocenters. The van der Waals surface area contributed by atoms with Crippen LogP contribution in [0.1, 0.15) is 17.9 Å². The Morgan fingerprint density at radius 1 is 1.82 bits per heavy atom. The van der Waals surface area contributed by atoms with Gasteiger partial charge in [-0.25, -0.2) is 0 Å². The molecule has 0 spiro atoms. The minimum absolute atomic E-state index is 0.0919. The molecular weight excluding hydrogens is 146 g/mol. The molecule has 0 fully saturated rings. The zero-order valence-corrected chi connectivity index (χ0v) is 6.20. The molecule has 11 heavy (non-hydrogen) atoms. The molecule has 4 heteroatoms. The van der Waals surface area contributed by atoms with Gasteiger partial charge in [-0.3, -0.25) is 4.79 Å². The molecule has 1 aromatic heterocycles. The second-order valence-corrected chi connectivity index (χ2v) is 2.33. The summed E-state index contributed by atoms with van der Waals surface area (Å²) in [4.78, 5) is 10.1. The van der Waals surface area contributed by atoms with Crippen molar-refractivity contribution in [3.8, 4) is 0 Å². The number of carboxylic acid groups (broad SMARTS) is 1. The fourth-order valence-corrected chi connectivity index (χ4v) is 0.764. The first-order valence-electron chi connectivity index (χ1n) is 3.32. The summed E-state index contributed by atoms with van der Waals surface area (Å²) in [6.45, 7) is 1.80. The monoisotopic (exact) mass is 155 g/mol. The molecule has 0 amide bonds. The van der Waals surface area contributed by atoms with Crippen LogP contribution in [0.3, 0.4) is 0 Å². The number of aliphatic carboxylic acids is 1. The van der Waals surface area contributed by atoms with Gasteiger partial charge in [0.1, 0.15) is 5.76 Å². The van der Waals surface area contributed by atoms with E-state index in [1.54, 1.807) is 13.0 Å². The van der Waals surface area contributed by atoms with E-state index >= 15 is 0 Å². The second-order valence-electron chi connectivity index (χ2n) is 2.33. The summed E-state index contributed by atoms with van der Waals surface area (Å²) in [5.74, 6) is -0.191. The molecule has 0 bridgehead atoms. The van der Waals surface area contributed by atoms with E-state index in [1.807, 2.05) is 0 Å². The molecule has 60 valence electrons. The van der Waals surface area contributed by atoms with Crippen LogP contribution in [0.4, 0.5) is 0 Å². The van der Waals surface area contributed by atoms with Crippen molar-refractivity contribution in [3.05, 3.63) is 17.5 Å². The van der Waals surface area contributed by atoms with Gasteiger partial charge >= 0.3 is 5.97 Å². The van der Waals surface area contributed by atoms with Crippen LogP contribution in [0.2, 0.25) is 0 Å². The lowest BCUT2D eigenvalue weighted by Gasteiger charge is -1.87. The highest BCUT2D eigenvalue weighted by atomic mass is 16.5. The predicted molar refractivity (Wildman–Crippen MR) is 37.2 cm³/mol. The molecule has 0 aromatic carbocycles. The average Bonchev–Trinajstić information content (AvgIpc) is 2.31. The molecule has 0 saturated carbocycles. The third-order valence-electron chi connectivity index (χ3n) is 1.26. The van der Waals surface area contributed by atoms with Gasteiger partial charge in [-0.15, -0.1) is 0 Å². The van der Waals surface area contributed by atoms with Crippen LogP contribution in [0.15, 0.2) is 10.6 Å². The number of hydrogen-bond donors (Lipinski definition) is 1. The van der Waals surface area contributed by atoms with Crippen molar-refractivity contribution in [3.63, 3.8) is 0 Å². The molecule has 1 heterocycles. The lowest BCUT2D eigenvalue weighted by atomic mass is 10.2. The minimum atomic E-state index is -0.820. The Hall–Kier alpha value is -1.32. The van der Waals surface area contributed by atoms with Crippen LogP contribution in [-0.4, -0.2) is 16.2 Å². The number of rotatable bonds is 3. The summed E-state index contributed by atoms with van der Waals surface area (Å²) in [5, 5.41) is 11.9. The van der Waals surface area contributed by atoms with Gasteiger partial charge in [-0.1, -0.05) is 5.16 Å². The van der Waals surface area contributed by atoms with Gasteiger partial charge in [-0.2, -0.15) is 0 Å². The molecular formula is C7H9NO3. The second kappa shape index (κ2) is 3.18. The van der Waals surface area contributed by atoms with E-state index in [-0.39, 0.29) is 6.42 Å². The van der Waals surface area contributed by atoms with E-state index in [2.05, 4.69) is 5.16 Å². The van der Waals surface area contributed by atoms with Crippen molar-refractivity contribution < 1.29 is 14.4 Å². The largest absolute Gasteiger partial charge is 0.481 e. The van der Waals surface area contributed by atoms with Crippen LogP contribution >= 0.6 is 0 Å². The van der Waals surface area contributed by atoms with Crippen LogP contribution in [0.5, 0.6) is 0 Å². The fourth-order valence-electron chi connectivity index (χ4n) is 0.764. The summed E-state index contributed by atoms with van der Waals surface area (Å²) in [6, 6.07) is 1.74. The molecule has 1 aromatic rings. The lowest BCUT2D eigenvalue weighted by molar-refractivity contribution is -0.137. The summed E-state index contributed by atoms with van der Waals surface area (Å²) >= 11 is 0. The van der Waals surface area contributed by atoms with Gasteiger partial charge in [-0.05, 0) is 6.92 Å². The summed E-state index contributed by atoms with van der Waals surface area (Å²) in [5.41, 5.74) is 0.783. The predicted octanol–water partition coefficient (Wildman–Crippen LogP) is 1.00. The normalized spacial score (nSPS) is 9.91. The zero-order valence-electron chi connectivity index (χ0n) is 6.20. The van der Waals surface area contributed by atoms with Crippen molar-refractivity contribution in [1.82, 2.24) is 5.16 Å². The quantitative estimate of drug-likeness (QED) is 0.707. The molecule has 0 aliphatic heterocycles. The third kappa shape index (κ3) is 2.41. The molecule has 0 aliphatic carbocycles. The Morgan fingerprint density at radius 2 is 2.55 bits per heavy atom. The highest BCUT2D eigenvalue weighted by Crippen LogP contribution is 2.04. The van der Waals surface area contributed by atoms with Crippen molar-refractivity contribution in [2.75, 3.05) is 0 Å². The first-order chi connectivity index (χ1) is 5.18. The van der Waals surface area contributed by atoms with Crippen LogP contribution < -0.4 is 0 Å². The van der Waals surface area contributed by atoms with Crippen molar-refractivity contribution in [2.45, 2.75) is 19.8 Å². The smallest absolute Gasteiger partial charge is 0.303 e. The molecule has 0 unspecified atom stereocenters. The number of aromatic nitrogens is 1. The number of aryl methyl sites for hydroxylation is 2. The number of hydrogen-bond acceptors (Lipinski definition) is 3. The van der Waals surface area contributed by atoms with Gasteiger partial charge < -0.3 is 9.63 Å². The Bertz CT molecular complexity index is 254. The van der Waals surface area contributed by atoms with Crippen LogP contribution in [0, 0.1) is 6.92 Å². The van der Waals surface area contributed by atoms with E-state index in [4.69, 9.17) is 9.63 Å². The maximum atomic E-state index is 10.1. The third-order valence-corrected chi connectivity index (χ3v) is 1.26. The molecule has 0 saturated heterocycles. The van der Waals surface area contributed by atoms with Gasteiger partial charge in [0.15, 0.2) is 0 Å². The summed E-state index contributed by atoms with van der Waals surface area (Å²) in [7, 11) is 0. The molecule has 1 N–H and O–H groups in total. The Balaban J connectivity index is 2.45. The Kier molecular flexibility index (Phi) is 2.25. The summed E-state index contributed by atoms with van der Waals surface area (Å²) < 4.78 is 4.80. The fraction of sp³-hybridized carbons (Fsp3) is 0.429. The first kappa shape index (κ1) is 7.78. The topological polar surface area (TPSA) is 63.3 Å². The highest BCUT2D eigenvalue weighted by molar-refractivity contribution is 5.66. The van der Waals surface area contributed by atoms with E-state index in [9.17, 15) is 4.79 Å². The van der Waals surface area contributed by atoms with Gasteiger partial charge in [0.25, 0.3) is 0 Å². The van der Waals surface area contributed by atoms with Crippen molar-refractivity contribution >= 4 is 5.97 Å². The van der Waals surface area contributed by atoms with E-state index in [1.165, 1.54) is 0 Å². The maximum absolute atomic E-state index is 10.1.